The number of nitrogens with one attached hydrogen (secondary N) is 9. The van der Waals surface area contributed by atoms with E-state index >= 15 is 0 Å². The van der Waals surface area contributed by atoms with Gasteiger partial charge < -0.3 is 59.0 Å². The topological polar surface area (TPSA) is 461 Å². The van der Waals surface area contributed by atoms with E-state index in [1.807, 2.05) is 10.6 Å². The summed E-state index contributed by atoms with van der Waals surface area (Å²) in [4.78, 5) is 163. The number of hydrogen-bond donors (Lipinski definition) is 11. The van der Waals surface area contributed by atoms with Crippen LogP contribution in [0.5, 0.6) is 0 Å². The number of carbonyl (C=O) groups is 8. The number of H-pyrrole nitrogens is 1. The second-order valence-corrected chi connectivity index (χ2v) is 24.6. The number of hydrogen-bond acceptors (Lipinski definition) is 21. The summed E-state index contributed by atoms with van der Waals surface area (Å²) < 4.78 is 153. The van der Waals surface area contributed by atoms with Crippen molar-refractivity contribution in [2.24, 2.45) is 23.5 Å². The highest BCUT2D eigenvalue weighted by Gasteiger charge is 2.61. The van der Waals surface area contributed by atoms with Crippen molar-refractivity contribution in [1.29, 1.82) is 0 Å². The Morgan fingerprint density at radius 1 is 0.472 bits per heavy atom. The number of rotatable bonds is 11. The summed E-state index contributed by atoms with van der Waals surface area (Å²) >= 11 is 10.9. The minimum absolute atomic E-state index is 0.0260. The molecule has 0 saturated heterocycles. The molecule has 3 atom stereocenters. The lowest BCUT2D eigenvalue weighted by Gasteiger charge is -2.29. The summed E-state index contributed by atoms with van der Waals surface area (Å²) in [5.74, 6) is -4.25. The predicted octanol–water partition coefficient (Wildman–Crippen LogP) is 6.57. The van der Waals surface area contributed by atoms with Crippen molar-refractivity contribution >= 4 is 117 Å². The lowest BCUT2D eigenvalue weighted by molar-refractivity contribution is -0.213. The number of aromatic amines is 1. The van der Waals surface area contributed by atoms with Crippen LogP contribution in [-0.4, -0.2) is 120 Å². The largest absolute Gasteiger partial charge is 0.449 e. The molecule has 46 heteroatoms. The van der Waals surface area contributed by atoms with Crippen LogP contribution in [0.15, 0.2) is 105 Å². The molecule has 106 heavy (non-hydrogen) atoms. The molecule has 0 bridgehead atoms. The van der Waals surface area contributed by atoms with Gasteiger partial charge in [0.05, 0.1) is 0 Å². The van der Waals surface area contributed by atoms with Gasteiger partial charge in [-0.05, 0) is 108 Å². The van der Waals surface area contributed by atoms with E-state index in [0.717, 1.165) is 75.4 Å². The Hall–Kier alpha value is -11.9. The monoisotopic (exact) mass is 1540 g/mol. The molecule has 13 rings (SSSR count). The first-order valence-electron chi connectivity index (χ1n) is 30.3. The van der Waals surface area contributed by atoms with Crippen LogP contribution in [0.2, 0.25) is 10.0 Å². The smallest absolute Gasteiger partial charge is 0.384 e. The number of fused-ring (bicyclic) bond motifs is 3. The first kappa shape index (κ1) is 79.8. The third kappa shape index (κ3) is 18.2. The maximum atomic E-state index is 13.5. The second-order valence-electron chi connectivity index (χ2n) is 23.7. The van der Waals surface area contributed by atoms with Gasteiger partial charge >= 0.3 is 24.7 Å². The minimum Gasteiger partial charge on any atom is -0.384 e. The Kier molecular flexibility index (Phi) is 22.9. The summed E-state index contributed by atoms with van der Waals surface area (Å²) in [6, 6.07) is 13.7. The molecule has 7 aromatic heterocycles. The van der Waals surface area contributed by atoms with Crippen molar-refractivity contribution in [1.82, 2.24) is 64.5 Å². The molecule has 7 amide bonds. The summed E-state index contributed by atoms with van der Waals surface area (Å²) in [6.45, 7) is 2.62. The van der Waals surface area contributed by atoms with E-state index in [-0.39, 0.29) is 91.6 Å². The Morgan fingerprint density at radius 3 is 1.09 bits per heavy atom. The number of primary amides is 1. The quantitative estimate of drug-likeness (QED) is 0.0610. The number of Topliss-reactive ketones (excluding diaryl/α,β-unsaturated/α-hetero) is 1. The molecule has 3 saturated carbocycles. The SMILES string of the molecule is CC(=O)C(F)(F)F.CC1(C(F)(F)F)NC(=O)c2ccc(Cl)c(=O)n21.CC1(C(F)(F)F)NC(=O)c2ccc(Nc3cc(NC(=O)C4CC4)ncn3)c(=O)n21.CC1(C(F)(F)F)NC(=O)c2ccc(Nc3cc(NC(=O)C4CC4)ncn3)c(=O)n21.NC(=O)c1ccc(Cl)c(=O)[nH]1.Nc1cc(NC(=O)C2CC2)ncn1. The first-order chi connectivity index (χ1) is 49.2. The number of nitrogens with zero attached hydrogens (tertiary/aromatic N) is 9. The molecule has 3 fully saturated rings. The van der Waals surface area contributed by atoms with Gasteiger partial charge in [0, 0.05) is 42.9 Å². The van der Waals surface area contributed by atoms with Gasteiger partial charge in [-0.15, -0.1) is 0 Å². The van der Waals surface area contributed by atoms with Gasteiger partial charge in [-0.25, -0.2) is 29.9 Å². The molecule has 0 radical (unpaired) electrons. The fourth-order valence-electron chi connectivity index (χ4n) is 9.29. The van der Waals surface area contributed by atoms with Crippen molar-refractivity contribution < 1.29 is 91.0 Å². The molecule has 0 aromatic carbocycles. The minimum atomic E-state index is -4.90. The maximum Gasteiger partial charge on any atom is 0.449 e. The summed E-state index contributed by atoms with van der Waals surface area (Å²) in [5.41, 5.74) is -3.43. The van der Waals surface area contributed by atoms with Crippen molar-refractivity contribution in [3.8, 4) is 0 Å². The van der Waals surface area contributed by atoms with Gasteiger partial charge in [-0.1, -0.05) is 23.2 Å². The second kappa shape index (κ2) is 30.5. The Labute approximate surface area is 593 Å². The number of amides is 7. The van der Waals surface area contributed by atoms with E-state index < -0.39 is 105 Å². The van der Waals surface area contributed by atoms with Gasteiger partial charge in [0.15, 0.2) is 0 Å². The Bertz CT molecular complexity index is 4760. The maximum absolute atomic E-state index is 13.5. The van der Waals surface area contributed by atoms with Crippen LogP contribution >= 0.6 is 23.2 Å². The number of alkyl halides is 12. The van der Waals surface area contributed by atoms with E-state index in [0.29, 0.717) is 53.0 Å². The fraction of sp³-hybridized carbons (Fsp3) is 0.333. The number of nitrogen functional groups attached to an aromatic ring is 1. The molecule has 0 spiro atoms. The standard InChI is InChI=1S/2C17H15F3N6O3.C9H6ClF3N2O2.C8H10N4O.C6H5ClN2O2.C3H3F3O/c2*1-16(17(18,19)20)25-14(28)10-5-4-9(15(29)26(10)16)23-11-6-12(22-7-21-11)24-13(27)8-2-3-8;1-8(9(11,12)13)14-6(16)5-3-2-4(10)7(17)15(5)8;9-6-3-7(11-4-10-6)12-8(13)5-1-2-5;7-3-1-2-4(5(8)10)9-6(3)11;1-2(7)3(4,5)6/h2*4-8H,2-3H2,1H3,(H,25,28)(H2,21,22,23,24,27);2-3H,1H3,(H,14,16);3-5H,1-2H2,(H3,9,10,11,12,13);1-2H,(H2,8,10)(H,9,11);1H3. The van der Waals surface area contributed by atoms with E-state index in [1.54, 1.807) is 11.4 Å². The van der Waals surface area contributed by atoms with E-state index in [2.05, 4.69) is 61.5 Å². The van der Waals surface area contributed by atoms with Gasteiger partial charge in [-0.3, -0.25) is 71.2 Å². The van der Waals surface area contributed by atoms with Crippen molar-refractivity contribution in [3.63, 3.8) is 0 Å². The van der Waals surface area contributed by atoms with Gasteiger partial charge in [0.25, 0.3) is 45.9 Å². The molecule has 10 heterocycles. The molecule has 13 N–H and O–H groups in total. The lowest BCUT2D eigenvalue weighted by Crippen LogP contribution is -2.55. The first-order valence-corrected chi connectivity index (χ1v) is 31.0. The van der Waals surface area contributed by atoms with E-state index in [9.17, 15) is 110 Å². The normalized spacial score (nSPS) is 18.8. The zero-order chi connectivity index (χ0) is 78.7. The average Bonchev–Trinajstić information content (AvgIpc) is 1.58. The Balaban J connectivity index is 0.000000171. The van der Waals surface area contributed by atoms with Crippen LogP contribution in [0.25, 0.3) is 0 Å². The third-order valence-corrected chi connectivity index (χ3v) is 16.2. The number of halogens is 14. The Morgan fingerprint density at radius 2 is 0.783 bits per heavy atom. The lowest BCUT2D eigenvalue weighted by atomic mass is 10.2. The zero-order valence-corrected chi connectivity index (χ0v) is 55.9. The van der Waals surface area contributed by atoms with Gasteiger partial charge in [-0.2, -0.15) is 52.7 Å². The van der Waals surface area contributed by atoms with E-state index in [4.69, 9.17) is 34.7 Å². The highest BCUT2D eigenvalue weighted by molar-refractivity contribution is 6.30. The van der Waals surface area contributed by atoms with Crippen LogP contribution in [0.1, 0.15) is 108 Å². The molecule has 564 valence electrons. The molecular formula is C60H54Cl2F12N20O12. The highest BCUT2D eigenvalue weighted by Crippen LogP contribution is 2.41. The number of aromatic nitrogens is 10. The molecular weight excluding hydrogens is 1490 g/mol. The summed E-state index contributed by atoms with van der Waals surface area (Å²) in [7, 11) is 0. The highest BCUT2D eigenvalue weighted by atomic mass is 35.5. The van der Waals surface area contributed by atoms with Crippen LogP contribution in [-0.2, 0) is 36.2 Å². The molecule has 7 aromatic rings. The van der Waals surface area contributed by atoms with Crippen LogP contribution in [0, 0.1) is 17.8 Å². The number of nitrogens with two attached hydrogens (primary N) is 2. The van der Waals surface area contributed by atoms with Crippen molar-refractivity contribution in [2.45, 2.75) is 108 Å². The van der Waals surface area contributed by atoms with Crippen LogP contribution in [0.3, 0.4) is 0 Å². The van der Waals surface area contributed by atoms with Gasteiger partial charge in [0.2, 0.25) is 40.5 Å². The number of anilines is 8. The number of ketones is 1. The van der Waals surface area contributed by atoms with Crippen LogP contribution < -0.4 is 76.2 Å². The van der Waals surface area contributed by atoms with Crippen molar-refractivity contribution in [2.75, 3.05) is 32.3 Å². The third-order valence-electron chi connectivity index (χ3n) is 15.6. The van der Waals surface area contributed by atoms with Crippen molar-refractivity contribution in [3.05, 3.63) is 160 Å². The molecule has 3 aliphatic carbocycles. The summed E-state index contributed by atoms with van der Waals surface area (Å²) in [5, 5.41) is 18.2. The number of carbonyl (C=O) groups excluding carboxylic acids is 8. The molecule has 6 aliphatic rings. The van der Waals surface area contributed by atoms with Gasteiger partial charge in [0.1, 0.15) is 98.1 Å². The summed E-state index contributed by atoms with van der Waals surface area (Å²) in [6.07, 6.45) is -10.5. The van der Waals surface area contributed by atoms with Crippen LogP contribution in [0.4, 0.5) is 99.0 Å². The predicted molar refractivity (Wildman–Crippen MR) is 347 cm³/mol. The zero-order valence-electron chi connectivity index (χ0n) is 54.4. The molecule has 32 nitrogen and oxygen atoms in total. The fourth-order valence-corrected chi connectivity index (χ4v) is 9.54. The molecule has 3 unspecified atom stereocenters. The van der Waals surface area contributed by atoms with E-state index in [1.165, 1.54) is 42.7 Å². The number of pyridine rings is 4. The molecule has 3 aliphatic heterocycles. The average molecular weight is 1550 g/mol.